The van der Waals surface area contributed by atoms with Crippen molar-refractivity contribution in [3.63, 3.8) is 0 Å². The maximum atomic E-state index is 11.3. The van der Waals surface area contributed by atoms with Crippen LogP contribution >= 0.6 is 0 Å². The predicted molar refractivity (Wildman–Crippen MR) is 102 cm³/mol. The quantitative estimate of drug-likeness (QED) is 0.310. The molecule has 0 saturated carbocycles. The van der Waals surface area contributed by atoms with E-state index < -0.39 is 0 Å². The average molecular weight is 336 g/mol. The first-order chi connectivity index (χ1) is 12.3. The molecule has 0 atom stereocenters. The first kappa shape index (κ1) is 17.3. The van der Waals surface area contributed by atoms with Gasteiger partial charge in [-0.3, -0.25) is 4.79 Å². The summed E-state index contributed by atoms with van der Waals surface area (Å²) in [5, 5.41) is 4.80. The summed E-state index contributed by atoms with van der Waals surface area (Å²) in [5.74, 6) is 0.818. The van der Waals surface area contributed by atoms with Gasteiger partial charge in [-0.1, -0.05) is 36.4 Å². The van der Waals surface area contributed by atoms with E-state index in [1.165, 1.54) is 16.2 Å². The second-order valence-electron chi connectivity index (χ2n) is 6.14. The Labute approximate surface area is 148 Å². The van der Waals surface area contributed by atoms with Crippen molar-refractivity contribution >= 4 is 27.5 Å². The van der Waals surface area contributed by atoms with Crippen molar-refractivity contribution in [1.29, 1.82) is 0 Å². The van der Waals surface area contributed by atoms with Crippen LogP contribution in [0.25, 0.3) is 21.5 Å². The Balaban J connectivity index is 1.58. The molecular formula is C22H24O3. The molecule has 0 heterocycles. The molecule has 0 aliphatic rings. The Morgan fingerprint density at radius 1 is 0.880 bits per heavy atom. The smallest absolute Gasteiger partial charge is 0.305 e. The van der Waals surface area contributed by atoms with Gasteiger partial charge in [0, 0.05) is 11.8 Å². The molecule has 0 bridgehead atoms. The third-order valence-corrected chi connectivity index (χ3v) is 4.29. The Morgan fingerprint density at radius 3 is 2.44 bits per heavy atom. The molecule has 0 aromatic heterocycles. The molecule has 3 aromatic rings. The van der Waals surface area contributed by atoms with Gasteiger partial charge in [0.2, 0.25) is 0 Å². The van der Waals surface area contributed by atoms with Crippen molar-refractivity contribution in [2.24, 2.45) is 0 Å². The number of hydrogen-bond donors (Lipinski definition) is 0. The van der Waals surface area contributed by atoms with Gasteiger partial charge in [0.05, 0.1) is 13.2 Å². The third-order valence-electron chi connectivity index (χ3n) is 4.29. The SMILES string of the molecule is CCOC(=O)CCCCCOc1cccc2cc3ccccc3cc12. The second kappa shape index (κ2) is 8.52. The van der Waals surface area contributed by atoms with E-state index in [9.17, 15) is 4.79 Å². The molecule has 0 radical (unpaired) electrons. The molecule has 3 rings (SSSR count). The van der Waals surface area contributed by atoms with Crippen molar-refractivity contribution in [3.8, 4) is 5.75 Å². The molecule has 130 valence electrons. The minimum absolute atomic E-state index is 0.107. The predicted octanol–water partition coefficient (Wildman–Crippen LogP) is 5.50. The lowest BCUT2D eigenvalue weighted by Crippen LogP contribution is -2.04. The van der Waals surface area contributed by atoms with Crippen LogP contribution in [0, 0.1) is 0 Å². The van der Waals surface area contributed by atoms with Gasteiger partial charge >= 0.3 is 5.97 Å². The summed E-state index contributed by atoms with van der Waals surface area (Å²) in [7, 11) is 0. The van der Waals surface area contributed by atoms with Crippen molar-refractivity contribution in [2.45, 2.75) is 32.6 Å². The van der Waals surface area contributed by atoms with Gasteiger partial charge in [0.25, 0.3) is 0 Å². The summed E-state index contributed by atoms with van der Waals surface area (Å²) in [4.78, 5) is 11.3. The molecule has 0 aliphatic heterocycles. The van der Waals surface area contributed by atoms with E-state index >= 15 is 0 Å². The Bertz CT molecular complexity index is 854. The molecule has 0 spiro atoms. The van der Waals surface area contributed by atoms with Gasteiger partial charge in [-0.2, -0.15) is 0 Å². The highest BCUT2D eigenvalue weighted by atomic mass is 16.5. The molecule has 0 aliphatic carbocycles. The van der Waals surface area contributed by atoms with Gasteiger partial charge in [-0.25, -0.2) is 0 Å². The zero-order chi connectivity index (χ0) is 17.5. The van der Waals surface area contributed by atoms with Crippen LogP contribution in [0.3, 0.4) is 0 Å². The van der Waals surface area contributed by atoms with Gasteiger partial charge in [0.15, 0.2) is 0 Å². The first-order valence-electron chi connectivity index (χ1n) is 8.98. The summed E-state index contributed by atoms with van der Waals surface area (Å²) in [5.41, 5.74) is 0. The summed E-state index contributed by atoms with van der Waals surface area (Å²) < 4.78 is 10.9. The maximum absolute atomic E-state index is 11.3. The Morgan fingerprint density at radius 2 is 1.64 bits per heavy atom. The minimum atomic E-state index is -0.107. The second-order valence-corrected chi connectivity index (χ2v) is 6.14. The molecule has 0 fully saturated rings. The van der Waals surface area contributed by atoms with Gasteiger partial charge in [-0.15, -0.1) is 0 Å². The number of carbonyl (C=O) groups is 1. The molecule has 0 N–H and O–H groups in total. The van der Waals surface area contributed by atoms with Crippen molar-refractivity contribution in [2.75, 3.05) is 13.2 Å². The summed E-state index contributed by atoms with van der Waals surface area (Å²) in [6.45, 7) is 2.95. The molecule has 3 aromatic carbocycles. The lowest BCUT2D eigenvalue weighted by molar-refractivity contribution is -0.143. The number of unbranched alkanes of at least 4 members (excludes halogenated alkanes) is 2. The summed E-state index contributed by atoms with van der Waals surface area (Å²) in [6, 6.07) is 19.0. The summed E-state index contributed by atoms with van der Waals surface area (Å²) in [6.07, 6.45) is 3.24. The highest BCUT2D eigenvalue weighted by Gasteiger charge is 2.05. The molecule has 0 amide bonds. The fourth-order valence-corrected chi connectivity index (χ4v) is 3.03. The van der Waals surface area contributed by atoms with E-state index in [-0.39, 0.29) is 5.97 Å². The van der Waals surface area contributed by atoms with Crippen LogP contribution < -0.4 is 4.74 Å². The lowest BCUT2D eigenvalue weighted by Gasteiger charge is -2.10. The largest absolute Gasteiger partial charge is 0.493 e. The van der Waals surface area contributed by atoms with E-state index in [1.54, 1.807) is 0 Å². The maximum Gasteiger partial charge on any atom is 0.305 e. The number of esters is 1. The van der Waals surface area contributed by atoms with Crippen LogP contribution in [0.15, 0.2) is 54.6 Å². The van der Waals surface area contributed by atoms with Crippen LogP contribution in [0.1, 0.15) is 32.6 Å². The number of ether oxygens (including phenoxy) is 2. The molecular weight excluding hydrogens is 312 g/mol. The van der Waals surface area contributed by atoms with Crippen LogP contribution in [-0.2, 0) is 9.53 Å². The van der Waals surface area contributed by atoms with Crippen LogP contribution in [-0.4, -0.2) is 19.2 Å². The summed E-state index contributed by atoms with van der Waals surface area (Å²) >= 11 is 0. The Kier molecular flexibility index (Phi) is 5.89. The van der Waals surface area contributed by atoms with Crippen LogP contribution in [0.4, 0.5) is 0 Å². The average Bonchev–Trinajstić information content (AvgIpc) is 2.63. The van der Waals surface area contributed by atoms with E-state index in [0.717, 1.165) is 30.4 Å². The first-order valence-corrected chi connectivity index (χ1v) is 8.98. The number of carbonyl (C=O) groups excluding carboxylic acids is 1. The zero-order valence-electron chi connectivity index (χ0n) is 14.7. The van der Waals surface area contributed by atoms with Crippen LogP contribution in [0.2, 0.25) is 0 Å². The van der Waals surface area contributed by atoms with Crippen molar-refractivity contribution in [3.05, 3.63) is 54.6 Å². The highest BCUT2D eigenvalue weighted by molar-refractivity contribution is 6.00. The Hall–Kier alpha value is -2.55. The monoisotopic (exact) mass is 336 g/mol. The van der Waals surface area contributed by atoms with Crippen LogP contribution in [0.5, 0.6) is 5.75 Å². The van der Waals surface area contributed by atoms with E-state index in [1.807, 2.05) is 19.1 Å². The van der Waals surface area contributed by atoms with E-state index in [2.05, 4.69) is 42.5 Å². The van der Waals surface area contributed by atoms with E-state index in [0.29, 0.717) is 19.6 Å². The van der Waals surface area contributed by atoms with Gasteiger partial charge in [-0.05, 0) is 60.5 Å². The molecule has 0 unspecified atom stereocenters. The molecule has 25 heavy (non-hydrogen) atoms. The fourth-order valence-electron chi connectivity index (χ4n) is 3.03. The zero-order valence-corrected chi connectivity index (χ0v) is 14.7. The highest BCUT2D eigenvalue weighted by Crippen LogP contribution is 2.30. The van der Waals surface area contributed by atoms with Gasteiger partial charge in [0.1, 0.15) is 5.75 Å². The van der Waals surface area contributed by atoms with E-state index in [4.69, 9.17) is 9.47 Å². The topological polar surface area (TPSA) is 35.5 Å². The van der Waals surface area contributed by atoms with Crippen molar-refractivity contribution in [1.82, 2.24) is 0 Å². The normalized spacial score (nSPS) is 10.9. The third kappa shape index (κ3) is 4.50. The fraction of sp³-hybridized carbons (Fsp3) is 0.318. The van der Waals surface area contributed by atoms with Gasteiger partial charge < -0.3 is 9.47 Å². The number of rotatable bonds is 8. The lowest BCUT2D eigenvalue weighted by atomic mass is 10.0. The molecule has 3 nitrogen and oxygen atoms in total. The standard InChI is InChI=1S/C22H24O3/c1-2-24-22(23)13-4-3-7-14-25-21-12-8-11-19-15-17-9-5-6-10-18(17)16-20(19)21/h5-6,8-12,15-16H,2-4,7,13-14H2,1H3. The molecule has 3 heteroatoms. The molecule has 0 saturated heterocycles. The van der Waals surface area contributed by atoms with Crippen molar-refractivity contribution < 1.29 is 14.3 Å². The number of hydrogen-bond acceptors (Lipinski definition) is 3. The number of benzene rings is 3. The number of fused-ring (bicyclic) bond motifs is 2. The minimum Gasteiger partial charge on any atom is -0.493 e.